The Morgan fingerprint density at radius 3 is 1.43 bits per heavy atom. The van der Waals surface area contributed by atoms with Crippen molar-refractivity contribution in [1.82, 2.24) is 0 Å². The number of nitrogens with two attached hydrogens (primary N) is 1. The molecule has 0 fully saturated rings. The molecular weight excluding hydrogens is 114 g/mol. The first-order chi connectivity index (χ1) is 3.00. The van der Waals surface area contributed by atoms with Crippen LogP contribution >= 0.6 is 11.6 Å². The van der Waals surface area contributed by atoms with Crippen LogP contribution in [-0.2, 0) is 0 Å². The number of alkyl halides is 1. The van der Waals surface area contributed by atoms with E-state index in [9.17, 15) is 0 Å². The van der Waals surface area contributed by atoms with Gasteiger partial charge in [-0.3, -0.25) is 0 Å². The highest BCUT2D eigenvalue weighted by molar-refractivity contribution is 6.22. The molecule has 0 heterocycles. The van der Waals surface area contributed by atoms with Crippen LogP contribution in [0.25, 0.3) is 0 Å². The van der Waals surface area contributed by atoms with E-state index in [4.69, 9.17) is 16.7 Å². The van der Waals surface area contributed by atoms with Gasteiger partial charge in [-0.1, -0.05) is 11.6 Å². The lowest BCUT2D eigenvalue weighted by molar-refractivity contribution is 0.171. The fraction of sp³-hybridized carbons (Fsp3) is 1.00. The number of rotatable bonds is 0. The predicted molar refractivity (Wildman–Crippen MR) is 32.3 cm³/mol. The lowest BCUT2D eigenvalue weighted by atomic mass is 10.5. The zero-order chi connectivity index (χ0) is 6.50. The zero-order valence-electron chi connectivity index (χ0n) is 4.90. The van der Waals surface area contributed by atoms with Crippen molar-refractivity contribution in [2.24, 2.45) is 5.73 Å². The largest absolute Gasteiger partial charge is 0.376 e. The Labute approximate surface area is 49.3 Å². The van der Waals surface area contributed by atoms with Crippen LogP contribution in [0.5, 0.6) is 0 Å². The molecule has 0 radical (unpaired) electrons. The van der Waals surface area contributed by atoms with Crippen LogP contribution in [0, 0.1) is 0 Å². The molecule has 0 spiro atoms. The Kier molecular flexibility index (Phi) is 6.40. The van der Waals surface area contributed by atoms with Crippen LogP contribution in [-0.4, -0.2) is 17.2 Å². The van der Waals surface area contributed by atoms with Crippen molar-refractivity contribution < 1.29 is 5.11 Å². The van der Waals surface area contributed by atoms with E-state index in [-0.39, 0.29) is 0 Å². The van der Waals surface area contributed by atoms with Crippen LogP contribution in [0.15, 0.2) is 0 Å². The molecule has 0 aliphatic heterocycles. The molecule has 0 unspecified atom stereocenters. The highest BCUT2D eigenvalue weighted by Gasteiger charge is 2.01. The minimum atomic E-state index is -1.03. The number of hydrogen-bond donors (Lipinski definition) is 2. The van der Waals surface area contributed by atoms with Crippen LogP contribution < -0.4 is 5.73 Å². The maximum Gasteiger partial charge on any atom is 0.133 e. The maximum atomic E-state index is 8.29. The smallest absolute Gasteiger partial charge is 0.133 e. The minimum Gasteiger partial charge on any atom is -0.376 e. The molecule has 46 valence electrons. The number of hydrogen-bond acceptors (Lipinski definition) is 2. The van der Waals surface area contributed by atoms with Gasteiger partial charge in [-0.2, -0.15) is 0 Å². The second-order valence-corrected chi connectivity index (χ2v) is 2.33. The fourth-order valence-electron chi connectivity index (χ4n) is 0. The molecule has 0 aromatic carbocycles. The van der Waals surface area contributed by atoms with Gasteiger partial charge in [-0.25, -0.2) is 0 Å². The van der Waals surface area contributed by atoms with Gasteiger partial charge in [0.25, 0.3) is 0 Å². The second kappa shape index (κ2) is 4.37. The van der Waals surface area contributed by atoms with Gasteiger partial charge >= 0.3 is 0 Å². The highest BCUT2D eigenvalue weighted by atomic mass is 35.5. The third-order valence-corrected chi connectivity index (χ3v) is 0. The van der Waals surface area contributed by atoms with Gasteiger partial charge in [0.05, 0.1) is 0 Å². The summed E-state index contributed by atoms with van der Waals surface area (Å²) in [5.41, 5.74) is 4.50. The molecule has 3 N–H and O–H groups in total. The summed E-state index contributed by atoms with van der Waals surface area (Å²) in [6.45, 7) is 3.02. The molecule has 0 bridgehead atoms. The summed E-state index contributed by atoms with van der Waals surface area (Å²) in [5, 5.41) is 7.26. The van der Waals surface area contributed by atoms with E-state index in [1.54, 1.807) is 0 Å². The first-order valence-corrected chi connectivity index (χ1v) is 2.37. The van der Waals surface area contributed by atoms with Gasteiger partial charge in [0.2, 0.25) is 0 Å². The summed E-state index contributed by atoms with van der Waals surface area (Å²) in [5.74, 6) is 0. The second-order valence-electron chi connectivity index (χ2n) is 1.41. The average molecular weight is 126 g/mol. The topological polar surface area (TPSA) is 46.2 Å². The lowest BCUT2D eigenvalue weighted by Crippen LogP contribution is -2.05. The van der Waals surface area contributed by atoms with Gasteiger partial charge in [-0.15, -0.1) is 0 Å². The van der Waals surface area contributed by atoms with Crippen molar-refractivity contribution in [2.75, 3.05) is 7.05 Å². The van der Waals surface area contributed by atoms with Crippen molar-refractivity contribution in [3.05, 3.63) is 0 Å². The van der Waals surface area contributed by atoms with Crippen molar-refractivity contribution in [1.29, 1.82) is 0 Å². The van der Waals surface area contributed by atoms with Crippen LogP contribution in [0.4, 0.5) is 0 Å². The van der Waals surface area contributed by atoms with E-state index in [0.717, 1.165) is 0 Å². The average Bonchev–Trinajstić information content (AvgIpc) is 1.36. The third-order valence-electron chi connectivity index (χ3n) is 0. The van der Waals surface area contributed by atoms with Crippen molar-refractivity contribution in [3.63, 3.8) is 0 Å². The fourth-order valence-corrected chi connectivity index (χ4v) is 0. The Hall–Kier alpha value is 0.210. The SMILES string of the molecule is CC(C)(O)Cl.CN. The van der Waals surface area contributed by atoms with E-state index >= 15 is 0 Å². The molecule has 0 atom stereocenters. The summed E-state index contributed by atoms with van der Waals surface area (Å²) in [6, 6.07) is 0. The number of halogens is 1. The predicted octanol–water partition coefficient (Wildman–Crippen LogP) is 0.529. The van der Waals surface area contributed by atoms with E-state index < -0.39 is 5.06 Å². The normalized spacial score (nSPS) is 9.43. The minimum absolute atomic E-state index is 1.03. The van der Waals surface area contributed by atoms with Gasteiger partial charge in [-0.05, 0) is 20.9 Å². The zero-order valence-corrected chi connectivity index (χ0v) is 5.66. The van der Waals surface area contributed by atoms with E-state index in [2.05, 4.69) is 5.73 Å². The van der Waals surface area contributed by atoms with E-state index in [1.165, 1.54) is 20.9 Å². The molecule has 3 heteroatoms. The third kappa shape index (κ3) is 2500. The van der Waals surface area contributed by atoms with Gasteiger partial charge in [0.1, 0.15) is 5.06 Å². The summed E-state index contributed by atoms with van der Waals surface area (Å²) < 4.78 is 0. The standard InChI is InChI=1S/C3H7ClO.CH5N/c1-3(2,4)5;1-2/h5H,1-2H3;2H2,1H3. The van der Waals surface area contributed by atoms with Crippen LogP contribution in [0.3, 0.4) is 0 Å². The molecule has 0 aromatic rings. The van der Waals surface area contributed by atoms with Crippen molar-refractivity contribution >= 4 is 11.6 Å². The Balaban J connectivity index is 0. The molecule has 0 rings (SSSR count). The quantitative estimate of drug-likeness (QED) is 0.464. The number of aliphatic hydroxyl groups is 1. The molecule has 2 nitrogen and oxygen atoms in total. The molecule has 0 aromatic heterocycles. The first kappa shape index (κ1) is 10.2. The molecular formula is C4H12ClNO. The molecule has 7 heavy (non-hydrogen) atoms. The molecule has 0 aliphatic rings. The van der Waals surface area contributed by atoms with Crippen LogP contribution in [0.2, 0.25) is 0 Å². The maximum absolute atomic E-state index is 8.29. The summed E-state index contributed by atoms with van der Waals surface area (Å²) in [4.78, 5) is 0. The summed E-state index contributed by atoms with van der Waals surface area (Å²) in [7, 11) is 1.50. The Bertz CT molecular complexity index is 27.2. The Morgan fingerprint density at radius 2 is 1.43 bits per heavy atom. The van der Waals surface area contributed by atoms with Crippen molar-refractivity contribution in [3.8, 4) is 0 Å². The summed E-state index contributed by atoms with van der Waals surface area (Å²) in [6.07, 6.45) is 0. The van der Waals surface area contributed by atoms with E-state index in [0.29, 0.717) is 0 Å². The molecule has 0 aliphatic carbocycles. The van der Waals surface area contributed by atoms with Gasteiger partial charge in [0, 0.05) is 0 Å². The van der Waals surface area contributed by atoms with Crippen molar-refractivity contribution in [2.45, 2.75) is 18.9 Å². The summed E-state index contributed by atoms with van der Waals surface area (Å²) >= 11 is 5.09. The van der Waals surface area contributed by atoms with Crippen LogP contribution in [0.1, 0.15) is 13.8 Å². The van der Waals surface area contributed by atoms with Gasteiger partial charge < -0.3 is 10.8 Å². The first-order valence-electron chi connectivity index (χ1n) is 1.99. The Morgan fingerprint density at radius 1 is 1.43 bits per heavy atom. The molecule has 0 amide bonds. The molecule has 0 saturated carbocycles. The monoisotopic (exact) mass is 125 g/mol. The lowest BCUT2D eigenvalue weighted by Gasteiger charge is -2.01. The highest BCUT2D eigenvalue weighted by Crippen LogP contribution is 2.03. The van der Waals surface area contributed by atoms with Gasteiger partial charge in [0.15, 0.2) is 0 Å². The molecule has 0 saturated heterocycles. The van der Waals surface area contributed by atoms with E-state index in [1.807, 2.05) is 0 Å².